The summed E-state index contributed by atoms with van der Waals surface area (Å²) in [4.78, 5) is 14.3. The third kappa shape index (κ3) is 1.82. The van der Waals surface area contributed by atoms with Crippen LogP contribution in [0.15, 0.2) is 6.20 Å². The van der Waals surface area contributed by atoms with Gasteiger partial charge in [-0.1, -0.05) is 0 Å². The quantitative estimate of drug-likeness (QED) is 0.778. The molecule has 2 N–H and O–H groups in total. The van der Waals surface area contributed by atoms with Crippen LogP contribution in [0, 0.1) is 6.92 Å². The normalized spacial score (nSPS) is 10.6. The van der Waals surface area contributed by atoms with Crippen LogP contribution in [0.2, 0.25) is 0 Å². The molecule has 1 aromatic heterocycles. The number of aromatic nitrogens is 1. The lowest BCUT2D eigenvalue weighted by molar-refractivity contribution is 0.108. The van der Waals surface area contributed by atoms with Gasteiger partial charge in [-0.3, -0.25) is 4.79 Å². The predicted octanol–water partition coefficient (Wildman–Crippen LogP) is 2.29. The van der Waals surface area contributed by atoms with E-state index < -0.39 is 17.2 Å². The summed E-state index contributed by atoms with van der Waals surface area (Å²) in [5, 5.41) is -0.822. The highest BCUT2D eigenvalue weighted by atomic mass is 35.5. The zero-order valence-corrected chi connectivity index (χ0v) is 7.98. The molecule has 0 bridgehead atoms. The van der Waals surface area contributed by atoms with Gasteiger partial charge >= 0.3 is 0 Å². The fraction of sp³-hybridized carbons (Fsp3) is 0.250. The lowest BCUT2D eigenvalue weighted by Gasteiger charge is -2.09. The SMILES string of the molecule is Cc1c(C(=O)Cl)cnc(N)c1C(F)F. The molecule has 0 aliphatic rings. The average Bonchev–Trinajstić information content (AvgIpc) is 2.02. The summed E-state index contributed by atoms with van der Waals surface area (Å²) in [6.07, 6.45) is -1.68. The van der Waals surface area contributed by atoms with Crippen LogP contribution in [0.4, 0.5) is 14.6 Å². The van der Waals surface area contributed by atoms with Gasteiger partial charge in [-0.15, -0.1) is 0 Å². The van der Waals surface area contributed by atoms with Crippen molar-refractivity contribution in [3.05, 3.63) is 22.9 Å². The van der Waals surface area contributed by atoms with Crippen LogP contribution in [0.25, 0.3) is 0 Å². The van der Waals surface area contributed by atoms with E-state index in [2.05, 4.69) is 4.98 Å². The van der Waals surface area contributed by atoms with Crippen molar-refractivity contribution < 1.29 is 13.6 Å². The Labute approximate surface area is 83.9 Å². The molecule has 14 heavy (non-hydrogen) atoms. The molecule has 0 atom stereocenters. The Hall–Kier alpha value is -1.23. The number of carbonyl (C=O) groups is 1. The van der Waals surface area contributed by atoms with E-state index in [-0.39, 0.29) is 16.9 Å². The molecule has 0 aromatic carbocycles. The Bertz CT molecular complexity index is 382. The standard InChI is InChI=1S/C8H7ClF2N2O/c1-3-4(6(9)14)2-13-8(12)5(3)7(10)11/h2,7H,1H3,(H2,12,13). The van der Waals surface area contributed by atoms with Crippen molar-refractivity contribution >= 4 is 22.7 Å². The maximum atomic E-state index is 12.5. The first-order valence-corrected chi connectivity index (χ1v) is 4.06. The van der Waals surface area contributed by atoms with Crippen molar-refractivity contribution in [2.45, 2.75) is 13.3 Å². The van der Waals surface area contributed by atoms with Crippen molar-refractivity contribution in [3.63, 3.8) is 0 Å². The minimum absolute atomic E-state index is 0.0452. The highest BCUT2D eigenvalue weighted by Gasteiger charge is 2.20. The summed E-state index contributed by atoms with van der Waals surface area (Å²) in [5.41, 5.74) is 4.84. The second-order valence-corrected chi connectivity index (χ2v) is 3.01. The summed E-state index contributed by atoms with van der Waals surface area (Å²) in [5.74, 6) is -0.279. The van der Waals surface area contributed by atoms with Gasteiger partial charge in [0.15, 0.2) is 0 Å². The molecule has 3 nitrogen and oxygen atoms in total. The Morgan fingerprint density at radius 1 is 1.64 bits per heavy atom. The predicted molar refractivity (Wildman–Crippen MR) is 48.5 cm³/mol. The van der Waals surface area contributed by atoms with Gasteiger partial charge in [-0.25, -0.2) is 13.8 Å². The molecular formula is C8H7ClF2N2O. The van der Waals surface area contributed by atoms with Crippen LogP contribution < -0.4 is 5.73 Å². The minimum Gasteiger partial charge on any atom is -0.383 e. The number of rotatable bonds is 2. The lowest BCUT2D eigenvalue weighted by atomic mass is 10.1. The highest BCUT2D eigenvalue weighted by molar-refractivity contribution is 6.67. The van der Waals surface area contributed by atoms with E-state index in [1.165, 1.54) is 6.92 Å². The molecule has 0 aliphatic carbocycles. The van der Waals surface area contributed by atoms with Crippen LogP contribution in [-0.2, 0) is 0 Å². The Balaban J connectivity index is 3.41. The van der Waals surface area contributed by atoms with Gasteiger partial charge in [-0.05, 0) is 24.1 Å². The summed E-state index contributed by atoms with van der Waals surface area (Å²) in [6.45, 7) is 1.36. The van der Waals surface area contributed by atoms with Gasteiger partial charge in [0.1, 0.15) is 5.82 Å². The number of alkyl halides is 2. The molecule has 0 fully saturated rings. The molecule has 0 amide bonds. The van der Waals surface area contributed by atoms with E-state index in [1.54, 1.807) is 0 Å². The lowest BCUT2D eigenvalue weighted by Crippen LogP contribution is -2.06. The van der Waals surface area contributed by atoms with Gasteiger partial charge in [0.05, 0.1) is 11.1 Å². The van der Waals surface area contributed by atoms with Gasteiger partial charge in [-0.2, -0.15) is 0 Å². The number of carbonyl (C=O) groups excluding carboxylic acids is 1. The van der Waals surface area contributed by atoms with E-state index in [0.29, 0.717) is 0 Å². The van der Waals surface area contributed by atoms with Crippen molar-refractivity contribution in [2.75, 3.05) is 5.73 Å². The molecule has 0 unspecified atom stereocenters. The molecule has 76 valence electrons. The van der Waals surface area contributed by atoms with Gasteiger partial charge < -0.3 is 5.73 Å². The fourth-order valence-corrected chi connectivity index (χ4v) is 1.30. The summed E-state index contributed by atoms with van der Waals surface area (Å²) >= 11 is 5.17. The van der Waals surface area contributed by atoms with Crippen molar-refractivity contribution in [2.24, 2.45) is 0 Å². The molecule has 0 aliphatic heterocycles. The largest absolute Gasteiger partial charge is 0.383 e. The zero-order chi connectivity index (χ0) is 10.9. The van der Waals surface area contributed by atoms with E-state index in [0.717, 1.165) is 6.20 Å². The minimum atomic E-state index is -2.77. The van der Waals surface area contributed by atoms with Crippen LogP contribution in [-0.4, -0.2) is 10.2 Å². The van der Waals surface area contributed by atoms with Crippen LogP contribution in [0.1, 0.15) is 27.9 Å². The first-order chi connectivity index (χ1) is 6.45. The first-order valence-electron chi connectivity index (χ1n) is 3.68. The molecule has 0 radical (unpaired) electrons. The van der Waals surface area contributed by atoms with Crippen LogP contribution in [0.3, 0.4) is 0 Å². The third-order valence-corrected chi connectivity index (χ3v) is 2.05. The number of anilines is 1. The summed E-state index contributed by atoms with van der Waals surface area (Å²) in [6, 6.07) is 0. The molecule has 1 heterocycles. The molecule has 0 saturated heterocycles. The third-order valence-electron chi connectivity index (χ3n) is 1.85. The van der Waals surface area contributed by atoms with Crippen molar-refractivity contribution in [1.29, 1.82) is 0 Å². The Morgan fingerprint density at radius 3 is 2.64 bits per heavy atom. The fourth-order valence-electron chi connectivity index (χ4n) is 1.11. The van der Waals surface area contributed by atoms with Gasteiger partial charge in [0.25, 0.3) is 11.7 Å². The molecule has 0 saturated carbocycles. The first kappa shape index (κ1) is 10.8. The zero-order valence-electron chi connectivity index (χ0n) is 7.22. The van der Waals surface area contributed by atoms with Gasteiger partial charge in [0.2, 0.25) is 0 Å². The van der Waals surface area contributed by atoms with Crippen molar-refractivity contribution in [3.8, 4) is 0 Å². The van der Waals surface area contributed by atoms with Crippen molar-refractivity contribution in [1.82, 2.24) is 4.98 Å². The number of hydrogen-bond acceptors (Lipinski definition) is 3. The second kappa shape index (κ2) is 3.88. The second-order valence-electron chi connectivity index (χ2n) is 2.67. The molecule has 0 spiro atoms. The molecule has 6 heteroatoms. The Morgan fingerprint density at radius 2 is 2.21 bits per heavy atom. The number of nitrogens with two attached hydrogens (primary N) is 1. The maximum Gasteiger partial charge on any atom is 0.267 e. The van der Waals surface area contributed by atoms with E-state index >= 15 is 0 Å². The monoisotopic (exact) mass is 220 g/mol. The number of nitrogens with zero attached hydrogens (tertiary/aromatic N) is 1. The van der Waals surface area contributed by atoms with E-state index in [4.69, 9.17) is 17.3 Å². The average molecular weight is 221 g/mol. The number of halogens is 3. The Kier molecular flexibility index (Phi) is 3.00. The highest BCUT2D eigenvalue weighted by Crippen LogP contribution is 2.29. The van der Waals surface area contributed by atoms with Crippen LogP contribution >= 0.6 is 11.6 Å². The van der Waals surface area contributed by atoms with E-state index in [1.807, 2.05) is 0 Å². The maximum absolute atomic E-state index is 12.5. The number of nitrogen functional groups attached to an aromatic ring is 1. The topological polar surface area (TPSA) is 56.0 Å². The van der Waals surface area contributed by atoms with Crippen LogP contribution in [0.5, 0.6) is 0 Å². The molecular weight excluding hydrogens is 214 g/mol. The number of hydrogen-bond donors (Lipinski definition) is 1. The van der Waals surface area contributed by atoms with E-state index in [9.17, 15) is 13.6 Å². The smallest absolute Gasteiger partial charge is 0.267 e. The number of pyridine rings is 1. The van der Waals surface area contributed by atoms with Gasteiger partial charge in [0, 0.05) is 6.20 Å². The molecule has 1 aromatic rings. The summed E-state index contributed by atoms with van der Waals surface area (Å²) in [7, 11) is 0. The summed E-state index contributed by atoms with van der Waals surface area (Å²) < 4.78 is 24.9. The molecule has 1 rings (SSSR count).